The van der Waals surface area contributed by atoms with Crippen molar-refractivity contribution in [3.05, 3.63) is 95.5 Å². The van der Waals surface area contributed by atoms with Gasteiger partial charge in [-0.3, -0.25) is 4.79 Å². The minimum Gasteiger partial charge on any atom is -0.487 e. The fourth-order valence-corrected chi connectivity index (χ4v) is 5.32. The van der Waals surface area contributed by atoms with Gasteiger partial charge in [-0.1, -0.05) is 23.7 Å². The molecule has 0 radical (unpaired) electrons. The SMILES string of the molecule is O=C1N/C(=C/c2cc(I)c(OCc3ccc(F)cc3)c(I)c2)C(=O)N1c1ccc(Cl)cc1. The van der Waals surface area contributed by atoms with E-state index in [1.54, 1.807) is 42.5 Å². The second-order valence-electron chi connectivity index (χ2n) is 6.83. The van der Waals surface area contributed by atoms with Gasteiger partial charge in [-0.05, 0) is 111 Å². The van der Waals surface area contributed by atoms with Crippen LogP contribution in [-0.2, 0) is 11.4 Å². The van der Waals surface area contributed by atoms with E-state index in [0.29, 0.717) is 23.1 Å². The molecule has 3 aromatic rings. The first-order valence-electron chi connectivity index (χ1n) is 9.31. The fraction of sp³-hybridized carbons (Fsp3) is 0.0435. The van der Waals surface area contributed by atoms with Gasteiger partial charge < -0.3 is 10.1 Å². The van der Waals surface area contributed by atoms with Crippen LogP contribution in [0.4, 0.5) is 14.9 Å². The van der Waals surface area contributed by atoms with Crippen LogP contribution in [0, 0.1) is 13.0 Å². The van der Waals surface area contributed by atoms with Gasteiger partial charge in [0.1, 0.15) is 23.9 Å². The number of benzene rings is 3. The molecule has 32 heavy (non-hydrogen) atoms. The molecule has 0 saturated carbocycles. The molecule has 0 aromatic heterocycles. The summed E-state index contributed by atoms with van der Waals surface area (Å²) in [6.45, 7) is 0.303. The summed E-state index contributed by atoms with van der Waals surface area (Å²) >= 11 is 10.2. The lowest BCUT2D eigenvalue weighted by atomic mass is 10.1. The number of amides is 3. The maximum atomic E-state index is 13.1. The number of imide groups is 1. The van der Waals surface area contributed by atoms with Gasteiger partial charge >= 0.3 is 6.03 Å². The van der Waals surface area contributed by atoms with Crippen LogP contribution in [0.2, 0.25) is 5.02 Å². The first-order valence-corrected chi connectivity index (χ1v) is 11.8. The summed E-state index contributed by atoms with van der Waals surface area (Å²) in [6, 6.07) is 15.8. The lowest BCUT2D eigenvalue weighted by Crippen LogP contribution is -2.30. The van der Waals surface area contributed by atoms with Gasteiger partial charge in [0.25, 0.3) is 5.91 Å². The van der Waals surface area contributed by atoms with Crippen molar-refractivity contribution in [2.75, 3.05) is 4.90 Å². The number of nitrogens with zero attached hydrogens (tertiary/aromatic N) is 1. The highest BCUT2D eigenvalue weighted by Crippen LogP contribution is 2.31. The van der Waals surface area contributed by atoms with Crippen molar-refractivity contribution in [2.24, 2.45) is 0 Å². The van der Waals surface area contributed by atoms with Crippen LogP contribution < -0.4 is 15.0 Å². The van der Waals surface area contributed by atoms with E-state index < -0.39 is 11.9 Å². The maximum Gasteiger partial charge on any atom is 0.333 e. The van der Waals surface area contributed by atoms with E-state index in [-0.39, 0.29) is 11.5 Å². The molecule has 1 fully saturated rings. The third kappa shape index (κ3) is 5.07. The first kappa shape index (κ1) is 23.0. The van der Waals surface area contributed by atoms with Gasteiger partial charge in [0.15, 0.2) is 0 Å². The molecule has 9 heteroatoms. The quantitative estimate of drug-likeness (QED) is 0.195. The fourth-order valence-electron chi connectivity index (χ4n) is 3.06. The number of anilines is 1. The second kappa shape index (κ2) is 9.75. The summed E-state index contributed by atoms with van der Waals surface area (Å²) in [5.74, 6) is -0.0419. The Morgan fingerprint density at radius 3 is 2.25 bits per heavy atom. The molecule has 1 aliphatic rings. The van der Waals surface area contributed by atoms with E-state index >= 15 is 0 Å². The van der Waals surface area contributed by atoms with Crippen molar-refractivity contribution in [3.63, 3.8) is 0 Å². The number of nitrogens with one attached hydrogen (secondary N) is 1. The largest absolute Gasteiger partial charge is 0.487 e. The number of ether oxygens (including phenoxy) is 1. The molecule has 1 saturated heterocycles. The minimum atomic E-state index is -0.521. The highest BCUT2D eigenvalue weighted by Gasteiger charge is 2.34. The number of rotatable bonds is 5. The summed E-state index contributed by atoms with van der Waals surface area (Å²) in [7, 11) is 0. The monoisotopic (exact) mass is 674 g/mol. The zero-order valence-electron chi connectivity index (χ0n) is 16.2. The standard InChI is InChI=1S/C23H14ClFI2N2O3/c24-15-3-7-17(8-4-15)29-22(30)20(28-23(29)31)11-14-9-18(26)21(19(27)10-14)32-12-13-1-5-16(25)6-2-13/h1-11H,12H2,(H,28,31)/b20-11+. The number of hydrogen-bond donors (Lipinski definition) is 1. The Bertz CT molecular complexity index is 1210. The molecule has 4 rings (SSSR count). The smallest absolute Gasteiger partial charge is 0.333 e. The number of carbonyl (C=O) groups excluding carboxylic acids is 2. The Balaban J connectivity index is 1.54. The lowest BCUT2D eigenvalue weighted by molar-refractivity contribution is -0.113. The molecular weight excluding hydrogens is 661 g/mol. The van der Waals surface area contributed by atoms with E-state index in [1.165, 1.54) is 12.1 Å². The Morgan fingerprint density at radius 1 is 1.00 bits per heavy atom. The van der Waals surface area contributed by atoms with Crippen molar-refractivity contribution in [3.8, 4) is 5.75 Å². The summed E-state index contributed by atoms with van der Waals surface area (Å²) in [5.41, 5.74) is 2.21. The van der Waals surface area contributed by atoms with Crippen molar-refractivity contribution < 1.29 is 18.7 Å². The highest BCUT2D eigenvalue weighted by molar-refractivity contribution is 14.1. The maximum absolute atomic E-state index is 13.1. The van der Waals surface area contributed by atoms with Crippen LogP contribution in [0.3, 0.4) is 0 Å². The Morgan fingerprint density at radius 2 is 1.62 bits per heavy atom. The summed E-state index contributed by atoms with van der Waals surface area (Å²) < 4.78 is 20.7. The molecule has 162 valence electrons. The Hall–Kier alpha value is -2.18. The average Bonchev–Trinajstić information content (AvgIpc) is 3.02. The zero-order valence-corrected chi connectivity index (χ0v) is 21.3. The van der Waals surface area contributed by atoms with Crippen LogP contribution in [0.5, 0.6) is 5.75 Å². The van der Waals surface area contributed by atoms with Gasteiger partial charge in [-0.15, -0.1) is 0 Å². The predicted octanol–water partition coefficient (Wildman–Crippen LogP) is 6.36. The topological polar surface area (TPSA) is 58.6 Å². The van der Waals surface area contributed by atoms with Crippen molar-refractivity contribution >= 4 is 80.5 Å². The molecule has 0 spiro atoms. The van der Waals surface area contributed by atoms with Crippen molar-refractivity contribution in [2.45, 2.75) is 6.61 Å². The molecular formula is C23H14ClFI2N2O3. The second-order valence-corrected chi connectivity index (χ2v) is 9.59. The third-order valence-electron chi connectivity index (χ3n) is 4.59. The lowest BCUT2D eigenvalue weighted by Gasteiger charge is -2.12. The van der Waals surface area contributed by atoms with Crippen LogP contribution in [-0.4, -0.2) is 11.9 Å². The summed E-state index contributed by atoms with van der Waals surface area (Å²) in [5, 5.41) is 3.14. The molecule has 1 aliphatic heterocycles. The van der Waals surface area contributed by atoms with E-state index in [1.807, 2.05) is 12.1 Å². The Labute approximate surface area is 215 Å². The van der Waals surface area contributed by atoms with Crippen LogP contribution in [0.1, 0.15) is 11.1 Å². The van der Waals surface area contributed by atoms with Gasteiger partial charge in [-0.25, -0.2) is 14.1 Å². The third-order valence-corrected chi connectivity index (χ3v) is 6.45. The zero-order chi connectivity index (χ0) is 22.8. The molecule has 0 unspecified atom stereocenters. The summed E-state index contributed by atoms with van der Waals surface area (Å²) in [6.07, 6.45) is 1.63. The van der Waals surface area contributed by atoms with Gasteiger partial charge in [-0.2, -0.15) is 0 Å². The predicted molar refractivity (Wildman–Crippen MR) is 138 cm³/mol. The molecule has 1 heterocycles. The van der Waals surface area contributed by atoms with Gasteiger partial charge in [0, 0.05) is 5.02 Å². The van der Waals surface area contributed by atoms with Gasteiger partial charge in [0.05, 0.1) is 12.8 Å². The average molecular weight is 675 g/mol. The number of carbonyl (C=O) groups is 2. The minimum absolute atomic E-state index is 0.177. The molecule has 5 nitrogen and oxygen atoms in total. The van der Waals surface area contributed by atoms with Crippen LogP contribution in [0.15, 0.2) is 66.4 Å². The molecule has 1 N–H and O–H groups in total. The molecule has 3 amide bonds. The normalized spacial score (nSPS) is 14.8. The molecule has 0 aliphatic carbocycles. The number of halogens is 4. The van der Waals surface area contributed by atoms with E-state index in [2.05, 4.69) is 50.5 Å². The molecule has 0 bridgehead atoms. The number of hydrogen-bond acceptors (Lipinski definition) is 3. The van der Waals surface area contributed by atoms with Crippen LogP contribution >= 0.6 is 56.8 Å². The number of urea groups is 1. The summed E-state index contributed by atoms with van der Waals surface area (Å²) in [4.78, 5) is 26.3. The Kier molecular flexibility index (Phi) is 7.01. The molecule has 0 atom stereocenters. The molecule has 3 aromatic carbocycles. The first-order chi connectivity index (χ1) is 15.3. The van der Waals surface area contributed by atoms with Crippen molar-refractivity contribution in [1.82, 2.24) is 5.32 Å². The van der Waals surface area contributed by atoms with Crippen molar-refractivity contribution in [1.29, 1.82) is 0 Å². The van der Waals surface area contributed by atoms with E-state index in [4.69, 9.17) is 16.3 Å². The van der Waals surface area contributed by atoms with Gasteiger partial charge in [0.2, 0.25) is 0 Å². The van der Waals surface area contributed by atoms with Crippen LogP contribution in [0.25, 0.3) is 6.08 Å². The van der Waals surface area contributed by atoms with E-state index in [0.717, 1.165) is 23.2 Å². The highest BCUT2D eigenvalue weighted by atomic mass is 127. The van der Waals surface area contributed by atoms with E-state index in [9.17, 15) is 14.0 Å².